The van der Waals surface area contributed by atoms with Gasteiger partial charge in [0.05, 0.1) is 0 Å². The Morgan fingerprint density at radius 2 is 2.22 bits per heavy atom. The minimum absolute atomic E-state index is 0.258. The van der Waals surface area contributed by atoms with Gasteiger partial charge in [0, 0.05) is 0 Å². The molecule has 0 aromatic rings. The molecule has 0 saturated heterocycles. The van der Waals surface area contributed by atoms with Gasteiger partial charge in [0.1, 0.15) is 0 Å². The molecule has 9 heavy (non-hydrogen) atoms. The van der Waals surface area contributed by atoms with Gasteiger partial charge in [-0.2, -0.15) is 0 Å². The Morgan fingerprint density at radius 3 is 2.67 bits per heavy atom. The molecule has 0 radical (unpaired) electrons. The van der Waals surface area contributed by atoms with Crippen molar-refractivity contribution in [2.45, 2.75) is 11.2 Å². The summed E-state index contributed by atoms with van der Waals surface area (Å²) in [7, 11) is 0. The van der Waals surface area contributed by atoms with Crippen molar-refractivity contribution in [3.8, 4) is 0 Å². The molecular formula is C3H6Cl2N4. The first-order valence-corrected chi connectivity index (χ1v) is 3.20. The molecule has 6 heteroatoms. The minimum atomic E-state index is -0.520. The largest absolute Gasteiger partial charge is 0.370 e. The minimum Gasteiger partial charge on any atom is -0.370 e. The van der Waals surface area contributed by atoms with Gasteiger partial charge in [-0.05, 0) is 0 Å². The second kappa shape index (κ2) is 2.60. The summed E-state index contributed by atoms with van der Waals surface area (Å²) in [5.41, 5.74) is 4.30. The summed E-state index contributed by atoms with van der Waals surface area (Å²) in [6.45, 7) is 0. The van der Waals surface area contributed by atoms with E-state index in [4.69, 9.17) is 28.9 Å². The van der Waals surface area contributed by atoms with Gasteiger partial charge < -0.3 is 11.1 Å². The van der Waals surface area contributed by atoms with Crippen LogP contribution >= 0.6 is 23.2 Å². The molecule has 1 rings (SSSR count). The molecule has 4 N–H and O–H groups in total. The number of nitrogens with two attached hydrogens (primary N) is 1. The average Bonchev–Trinajstić information content (AvgIpc) is 1.59. The molecule has 1 aliphatic heterocycles. The van der Waals surface area contributed by atoms with Crippen molar-refractivity contribution >= 4 is 29.2 Å². The summed E-state index contributed by atoms with van der Waals surface area (Å²) in [6, 6.07) is 0. The van der Waals surface area contributed by atoms with Gasteiger partial charge >= 0.3 is 0 Å². The molecular weight excluding hydrogens is 163 g/mol. The van der Waals surface area contributed by atoms with Crippen molar-refractivity contribution < 1.29 is 0 Å². The van der Waals surface area contributed by atoms with Crippen molar-refractivity contribution in [1.29, 1.82) is 0 Å². The SMILES string of the molecule is NC1=NC(Cl)NC(Cl)N1. The fraction of sp³-hybridized carbons (Fsp3) is 0.667. The zero-order valence-electron chi connectivity index (χ0n) is 4.44. The monoisotopic (exact) mass is 168 g/mol. The van der Waals surface area contributed by atoms with Crippen LogP contribution in [-0.4, -0.2) is 17.2 Å². The standard InChI is InChI=1S/C3H6Cl2N4/c4-1-7-2(5)9-3(6)8-1/h1-2,7H,(H3,6,8,9). The Morgan fingerprint density at radius 1 is 1.56 bits per heavy atom. The summed E-state index contributed by atoms with van der Waals surface area (Å²) < 4.78 is 0. The maximum absolute atomic E-state index is 5.54. The number of rotatable bonds is 0. The van der Waals surface area contributed by atoms with Crippen molar-refractivity contribution in [2.24, 2.45) is 10.7 Å². The van der Waals surface area contributed by atoms with Crippen molar-refractivity contribution in [1.82, 2.24) is 10.6 Å². The van der Waals surface area contributed by atoms with Gasteiger partial charge in [-0.15, -0.1) is 0 Å². The van der Waals surface area contributed by atoms with Crippen LogP contribution in [0.5, 0.6) is 0 Å². The first-order valence-electron chi connectivity index (χ1n) is 2.32. The summed E-state index contributed by atoms with van der Waals surface area (Å²) in [6.07, 6.45) is 0. The summed E-state index contributed by atoms with van der Waals surface area (Å²) in [5.74, 6) is 0.258. The van der Waals surface area contributed by atoms with Crippen LogP contribution in [-0.2, 0) is 0 Å². The Balaban J connectivity index is 2.56. The Labute approximate surface area is 62.4 Å². The van der Waals surface area contributed by atoms with Crippen LogP contribution in [0.3, 0.4) is 0 Å². The second-order valence-corrected chi connectivity index (χ2v) is 2.37. The van der Waals surface area contributed by atoms with Crippen LogP contribution in [0.15, 0.2) is 4.99 Å². The molecule has 52 valence electrons. The third-order valence-electron chi connectivity index (χ3n) is 0.811. The Bertz CT molecular complexity index is 136. The topological polar surface area (TPSA) is 62.4 Å². The van der Waals surface area contributed by atoms with E-state index in [2.05, 4.69) is 15.6 Å². The lowest BCUT2D eigenvalue weighted by atomic mass is 10.8. The van der Waals surface area contributed by atoms with Gasteiger partial charge in [-0.1, -0.05) is 23.2 Å². The van der Waals surface area contributed by atoms with Gasteiger partial charge in [-0.25, -0.2) is 10.3 Å². The number of alkyl halides is 2. The lowest BCUT2D eigenvalue weighted by Gasteiger charge is -2.21. The second-order valence-electron chi connectivity index (χ2n) is 1.52. The predicted molar refractivity (Wildman–Crippen MR) is 37.2 cm³/mol. The highest BCUT2D eigenvalue weighted by molar-refractivity contribution is 6.24. The van der Waals surface area contributed by atoms with Crippen molar-refractivity contribution in [2.75, 3.05) is 0 Å². The summed E-state index contributed by atoms with van der Waals surface area (Å²) in [5, 5.41) is 5.27. The Kier molecular flexibility index (Phi) is 2.00. The fourth-order valence-corrected chi connectivity index (χ4v) is 1.02. The highest BCUT2D eigenvalue weighted by Gasteiger charge is 2.14. The maximum atomic E-state index is 5.54. The fourth-order valence-electron chi connectivity index (χ4n) is 0.489. The first kappa shape index (κ1) is 6.92. The zero-order valence-corrected chi connectivity index (χ0v) is 5.95. The molecule has 2 atom stereocenters. The third kappa shape index (κ3) is 1.89. The van der Waals surface area contributed by atoms with Crippen molar-refractivity contribution in [3.63, 3.8) is 0 Å². The molecule has 2 unspecified atom stereocenters. The van der Waals surface area contributed by atoms with E-state index in [9.17, 15) is 0 Å². The molecule has 0 aliphatic carbocycles. The molecule has 0 bridgehead atoms. The smallest absolute Gasteiger partial charge is 0.193 e. The molecule has 0 aromatic carbocycles. The Hall–Kier alpha value is -0.190. The number of hydrogen-bond acceptors (Lipinski definition) is 4. The molecule has 1 aliphatic rings. The van der Waals surface area contributed by atoms with Crippen molar-refractivity contribution in [3.05, 3.63) is 0 Å². The summed E-state index contributed by atoms with van der Waals surface area (Å²) >= 11 is 11.0. The van der Waals surface area contributed by atoms with E-state index < -0.39 is 11.2 Å². The molecule has 4 nitrogen and oxygen atoms in total. The van der Waals surface area contributed by atoms with E-state index >= 15 is 0 Å². The van der Waals surface area contributed by atoms with Crippen LogP contribution in [0, 0.1) is 0 Å². The molecule has 0 aromatic heterocycles. The van der Waals surface area contributed by atoms with Gasteiger partial charge in [0.15, 0.2) is 17.2 Å². The number of nitrogens with one attached hydrogen (secondary N) is 2. The first-order chi connectivity index (χ1) is 4.18. The molecule has 0 fully saturated rings. The lowest BCUT2D eigenvalue weighted by molar-refractivity contribution is 0.558. The molecule has 1 heterocycles. The predicted octanol–water partition coefficient (Wildman–Crippen LogP) is -0.461. The van der Waals surface area contributed by atoms with Crippen LogP contribution < -0.4 is 16.4 Å². The van der Waals surface area contributed by atoms with E-state index in [1.54, 1.807) is 0 Å². The summed E-state index contributed by atoms with van der Waals surface area (Å²) in [4.78, 5) is 3.69. The number of halogens is 2. The zero-order chi connectivity index (χ0) is 6.85. The van der Waals surface area contributed by atoms with Gasteiger partial charge in [0.25, 0.3) is 0 Å². The number of guanidine groups is 1. The maximum Gasteiger partial charge on any atom is 0.193 e. The van der Waals surface area contributed by atoms with Crippen LogP contribution in [0.4, 0.5) is 0 Å². The molecule has 0 spiro atoms. The van der Waals surface area contributed by atoms with Crippen LogP contribution in [0.2, 0.25) is 0 Å². The van der Waals surface area contributed by atoms with E-state index in [1.165, 1.54) is 0 Å². The number of hydrogen-bond donors (Lipinski definition) is 3. The molecule has 0 amide bonds. The molecule has 0 saturated carbocycles. The van der Waals surface area contributed by atoms with Gasteiger partial charge in [0.2, 0.25) is 0 Å². The number of nitrogens with zero attached hydrogens (tertiary/aromatic N) is 1. The van der Waals surface area contributed by atoms with Crippen LogP contribution in [0.25, 0.3) is 0 Å². The van der Waals surface area contributed by atoms with Crippen LogP contribution in [0.1, 0.15) is 0 Å². The average molecular weight is 169 g/mol. The van der Waals surface area contributed by atoms with E-state index in [0.29, 0.717) is 0 Å². The highest BCUT2D eigenvalue weighted by atomic mass is 35.5. The van der Waals surface area contributed by atoms with E-state index in [0.717, 1.165) is 0 Å². The third-order valence-corrected chi connectivity index (χ3v) is 1.27. The van der Waals surface area contributed by atoms with Gasteiger partial charge in [-0.3, -0.25) is 0 Å². The number of aliphatic imine (C=N–C) groups is 1. The normalized spacial score (nSPS) is 35.1. The van der Waals surface area contributed by atoms with E-state index in [-0.39, 0.29) is 5.96 Å². The lowest BCUT2D eigenvalue weighted by Crippen LogP contribution is -2.52. The quantitative estimate of drug-likeness (QED) is 0.339. The van der Waals surface area contributed by atoms with E-state index in [1.807, 2.05) is 0 Å². The highest BCUT2D eigenvalue weighted by Crippen LogP contribution is 2.00.